The summed E-state index contributed by atoms with van der Waals surface area (Å²) >= 11 is 2.45. The second-order valence-corrected chi connectivity index (χ2v) is 4.70. The molecule has 0 amide bonds. The number of benzene rings is 2. The number of fused-ring (bicyclic) bond motifs is 1. The maximum absolute atomic E-state index is 13.9. The van der Waals surface area contributed by atoms with Crippen LogP contribution in [0.1, 0.15) is 0 Å². The number of para-hydroxylation sites is 1. The van der Waals surface area contributed by atoms with Crippen molar-refractivity contribution in [2.75, 3.05) is 0 Å². The summed E-state index contributed by atoms with van der Waals surface area (Å²) in [6.45, 7) is 0. The van der Waals surface area contributed by atoms with E-state index in [0.29, 0.717) is 5.52 Å². The molecule has 2 aromatic carbocycles. The minimum atomic E-state index is -1.55. The normalized spacial score (nSPS) is 11.2. The second kappa shape index (κ2) is 4.55. The smallest absolute Gasteiger partial charge is 0.188 e. The zero-order chi connectivity index (χ0) is 14.4. The molecule has 3 rings (SSSR count). The molecule has 102 valence electrons. The van der Waals surface area contributed by atoms with Gasteiger partial charge in [0.15, 0.2) is 23.3 Å². The minimum Gasteiger partial charge on any atom is -0.207 e. The molecule has 0 bridgehead atoms. The van der Waals surface area contributed by atoms with E-state index in [1.54, 1.807) is 18.2 Å². The number of aromatic nitrogens is 3. The van der Waals surface area contributed by atoms with Gasteiger partial charge >= 0.3 is 0 Å². The fraction of sp³-hybridized carbons (Fsp3) is 0. The minimum absolute atomic E-state index is 0.228. The molecule has 0 aliphatic rings. The zero-order valence-corrected chi connectivity index (χ0v) is 11.1. The largest absolute Gasteiger partial charge is 0.207 e. The molecule has 0 N–H and O–H groups in total. The highest BCUT2D eigenvalue weighted by atomic mass is 79.9. The van der Waals surface area contributed by atoms with Crippen molar-refractivity contribution in [3.63, 3.8) is 0 Å². The second-order valence-electron chi connectivity index (χ2n) is 3.91. The van der Waals surface area contributed by atoms with Gasteiger partial charge in [-0.2, -0.15) is 0 Å². The van der Waals surface area contributed by atoms with E-state index in [4.69, 9.17) is 0 Å². The van der Waals surface area contributed by atoms with E-state index in [9.17, 15) is 17.6 Å². The molecule has 1 heterocycles. The fourth-order valence-electron chi connectivity index (χ4n) is 1.81. The quantitative estimate of drug-likeness (QED) is 0.382. The van der Waals surface area contributed by atoms with Gasteiger partial charge in [0.25, 0.3) is 0 Å². The Kier molecular flexibility index (Phi) is 2.97. The highest BCUT2D eigenvalue weighted by Gasteiger charge is 2.26. The highest BCUT2D eigenvalue weighted by molar-refractivity contribution is 9.10. The first kappa shape index (κ1) is 13.0. The van der Waals surface area contributed by atoms with Crippen LogP contribution in [0.25, 0.3) is 16.7 Å². The Hall–Kier alpha value is -1.96. The van der Waals surface area contributed by atoms with Crippen molar-refractivity contribution in [2.45, 2.75) is 0 Å². The van der Waals surface area contributed by atoms with Crippen LogP contribution in [0.5, 0.6) is 0 Å². The molecular formula is C12H4BrF4N3. The Labute approximate surface area is 117 Å². The lowest BCUT2D eigenvalue weighted by Gasteiger charge is -2.08. The third-order valence-electron chi connectivity index (χ3n) is 2.75. The van der Waals surface area contributed by atoms with E-state index < -0.39 is 33.4 Å². The first-order chi connectivity index (χ1) is 9.52. The summed E-state index contributed by atoms with van der Waals surface area (Å²) in [6.07, 6.45) is 0. The van der Waals surface area contributed by atoms with Gasteiger partial charge in [-0.05, 0) is 28.1 Å². The van der Waals surface area contributed by atoms with Gasteiger partial charge in [0.05, 0.1) is 9.99 Å². The van der Waals surface area contributed by atoms with E-state index in [0.717, 1.165) is 4.68 Å². The van der Waals surface area contributed by atoms with Crippen LogP contribution in [0.3, 0.4) is 0 Å². The predicted octanol–water partition coefficient (Wildman–Crippen LogP) is 3.74. The van der Waals surface area contributed by atoms with Crippen molar-refractivity contribution in [1.82, 2.24) is 15.0 Å². The van der Waals surface area contributed by atoms with Gasteiger partial charge in [-0.3, -0.25) is 0 Å². The molecular weight excluding hydrogens is 342 g/mol. The average molecular weight is 346 g/mol. The highest BCUT2D eigenvalue weighted by Crippen LogP contribution is 2.31. The standard InChI is InChI=1S/C12H4BrF4N3/c13-7-8(14)10(16)12(11(17)9(7)15)20-6-4-2-1-3-5(6)18-19-20/h1-4H. The van der Waals surface area contributed by atoms with Crippen LogP contribution in [0.2, 0.25) is 0 Å². The molecule has 3 aromatic rings. The predicted molar refractivity (Wildman–Crippen MR) is 66.4 cm³/mol. The Morgan fingerprint density at radius 2 is 1.50 bits per heavy atom. The van der Waals surface area contributed by atoms with Crippen molar-refractivity contribution in [3.05, 3.63) is 52.0 Å². The zero-order valence-electron chi connectivity index (χ0n) is 9.54. The monoisotopic (exact) mass is 345 g/mol. The number of halogens is 5. The first-order valence-corrected chi connectivity index (χ1v) is 6.14. The summed E-state index contributed by atoms with van der Waals surface area (Å²) in [7, 11) is 0. The SMILES string of the molecule is Fc1c(F)c(-n2nnc3ccccc32)c(F)c(F)c1Br. The van der Waals surface area contributed by atoms with Gasteiger partial charge in [0.1, 0.15) is 11.2 Å². The first-order valence-electron chi connectivity index (χ1n) is 5.34. The number of nitrogens with zero attached hydrogens (tertiary/aromatic N) is 3. The fourth-order valence-corrected chi connectivity index (χ4v) is 2.16. The lowest BCUT2D eigenvalue weighted by Crippen LogP contribution is -2.09. The molecule has 0 spiro atoms. The van der Waals surface area contributed by atoms with Crippen molar-refractivity contribution in [2.24, 2.45) is 0 Å². The third kappa shape index (κ3) is 1.71. The van der Waals surface area contributed by atoms with Crippen LogP contribution >= 0.6 is 15.9 Å². The van der Waals surface area contributed by atoms with Gasteiger partial charge in [0.2, 0.25) is 0 Å². The maximum atomic E-state index is 13.9. The van der Waals surface area contributed by atoms with Gasteiger partial charge in [-0.25, -0.2) is 22.2 Å². The molecule has 0 radical (unpaired) electrons. The lowest BCUT2D eigenvalue weighted by molar-refractivity contribution is 0.437. The molecule has 0 aliphatic carbocycles. The van der Waals surface area contributed by atoms with E-state index in [2.05, 4.69) is 26.2 Å². The van der Waals surface area contributed by atoms with Crippen LogP contribution < -0.4 is 0 Å². The van der Waals surface area contributed by atoms with Gasteiger partial charge < -0.3 is 0 Å². The van der Waals surface area contributed by atoms with E-state index in [-0.39, 0.29) is 5.52 Å². The summed E-state index contributed by atoms with van der Waals surface area (Å²) in [4.78, 5) is 0. The summed E-state index contributed by atoms with van der Waals surface area (Å²) < 4.78 is 54.7. The molecule has 0 aliphatic heterocycles. The molecule has 0 saturated heterocycles. The topological polar surface area (TPSA) is 30.7 Å². The molecule has 8 heteroatoms. The van der Waals surface area contributed by atoms with Gasteiger partial charge in [-0.1, -0.05) is 17.3 Å². The third-order valence-corrected chi connectivity index (χ3v) is 3.45. The van der Waals surface area contributed by atoms with Gasteiger partial charge in [-0.15, -0.1) is 5.10 Å². The molecule has 20 heavy (non-hydrogen) atoms. The van der Waals surface area contributed by atoms with Crippen LogP contribution in [0, 0.1) is 23.3 Å². The molecule has 0 saturated carbocycles. The Bertz CT molecular complexity index is 802. The number of hydrogen-bond acceptors (Lipinski definition) is 2. The Balaban J connectivity index is 2.41. The van der Waals surface area contributed by atoms with Crippen molar-refractivity contribution < 1.29 is 17.6 Å². The van der Waals surface area contributed by atoms with Crippen LogP contribution in [0.4, 0.5) is 17.6 Å². The van der Waals surface area contributed by atoms with Crippen molar-refractivity contribution in [3.8, 4) is 5.69 Å². The van der Waals surface area contributed by atoms with Gasteiger partial charge in [0, 0.05) is 0 Å². The summed E-state index contributed by atoms with van der Waals surface area (Å²) in [5.41, 5.74) is -0.377. The van der Waals surface area contributed by atoms with Crippen molar-refractivity contribution in [1.29, 1.82) is 0 Å². The molecule has 3 nitrogen and oxygen atoms in total. The van der Waals surface area contributed by atoms with Crippen molar-refractivity contribution >= 4 is 27.0 Å². The van der Waals surface area contributed by atoms with Crippen LogP contribution in [-0.2, 0) is 0 Å². The molecule has 1 aromatic heterocycles. The Morgan fingerprint density at radius 1 is 0.900 bits per heavy atom. The van der Waals surface area contributed by atoms with E-state index in [1.165, 1.54) is 6.07 Å². The molecule has 0 atom stereocenters. The van der Waals surface area contributed by atoms with E-state index in [1.807, 2.05) is 0 Å². The molecule has 0 fully saturated rings. The van der Waals surface area contributed by atoms with E-state index >= 15 is 0 Å². The summed E-state index contributed by atoms with van der Waals surface area (Å²) in [5, 5.41) is 7.22. The lowest BCUT2D eigenvalue weighted by atomic mass is 10.2. The number of hydrogen-bond donors (Lipinski definition) is 0. The average Bonchev–Trinajstić information content (AvgIpc) is 2.87. The van der Waals surface area contributed by atoms with Crippen LogP contribution in [-0.4, -0.2) is 15.0 Å². The Morgan fingerprint density at radius 3 is 2.15 bits per heavy atom. The summed E-state index contributed by atoms with van der Waals surface area (Å²) in [5.74, 6) is -6.16. The number of rotatable bonds is 1. The maximum Gasteiger partial charge on any atom is 0.188 e. The molecule has 0 unspecified atom stereocenters. The van der Waals surface area contributed by atoms with Crippen LogP contribution in [0.15, 0.2) is 28.7 Å². The summed E-state index contributed by atoms with van der Waals surface area (Å²) in [6, 6.07) is 6.27.